The second-order valence-corrected chi connectivity index (χ2v) is 4.55. The van der Waals surface area contributed by atoms with Crippen molar-refractivity contribution in [3.05, 3.63) is 11.6 Å². The minimum atomic E-state index is 0.714. The van der Waals surface area contributed by atoms with E-state index in [1.54, 1.807) is 0 Å². The number of hydrogen-bond donors (Lipinski definition) is 0. The van der Waals surface area contributed by atoms with Gasteiger partial charge >= 0.3 is 0 Å². The van der Waals surface area contributed by atoms with Crippen molar-refractivity contribution in [2.45, 2.75) is 59.3 Å². The van der Waals surface area contributed by atoms with E-state index in [0.29, 0.717) is 6.42 Å². The van der Waals surface area contributed by atoms with Gasteiger partial charge in [-0.25, -0.2) is 0 Å². The molecule has 1 heteroatoms. The number of carbonyl (C=O) groups excluding carboxylic acids is 1. The molecule has 0 aromatic carbocycles. The number of rotatable bonds is 3. The number of aldehydes is 1. The maximum atomic E-state index is 10.0. The standard InChI is InChI=1S/C9H14O.C4H10/c10-8-4-7-9-5-2-1-3-6-9;1-4(2)3/h5,8H,1-4,6-7H2;4H,1-3H3. The number of allylic oxidation sites excluding steroid dienone is 2. The molecule has 0 bridgehead atoms. The van der Waals surface area contributed by atoms with Crippen molar-refractivity contribution in [1.82, 2.24) is 0 Å². The van der Waals surface area contributed by atoms with Crippen LogP contribution in [0.4, 0.5) is 0 Å². The van der Waals surface area contributed by atoms with Crippen LogP contribution < -0.4 is 0 Å². The van der Waals surface area contributed by atoms with Crippen LogP contribution in [-0.2, 0) is 4.79 Å². The van der Waals surface area contributed by atoms with E-state index < -0.39 is 0 Å². The fourth-order valence-electron chi connectivity index (χ4n) is 1.38. The molecule has 0 amide bonds. The van der Waals surface area contributed by atoms with Crippen LogP contribution in [0.5, 0.6) is 0 Å². The van der Waals surface area contributed by atoms with Crippen LogP contribution >= 0.6 is 0 Å². The predicted molar refractivity (Wildman–Crippen MR) is 62.4 cm³/mol. The lowest BCUT2D eigenvalue weighted by atomic mass is 9.96. The average molecular weight is 196 g/mol. The third-order valence-electron chi connectivity index (χ3n) is 1.97. The molecule has 0 atom stereocenters. The molecule has 14 heavy (non-hydrogen) atoms. The first-order chi connectivity index (χ1) is 6.66. The molecule has 0 radical (unpaired) electrons. The molecule has 0 saturated heterocycles. The third kappa shape index (κ3) is 9.50. The smallest absolute Gasteiger partial charge is 0.120 e. The van der Waals surface area contributed by atoms with Gasteiger partial charge in [0, 0.05) is 6.42 Å². The van der Waals surface area contributed by atoms with Gasteiger partial charge in [-0.3, -0.25) is 0 Å². The number of carbonyl (C=O) groups is 1. The normalized spacial score (nSPS) is 15.6. The molecule has 0 aliphatic heterocycles. The van der Waals surface area contributed by atoms with Gasteiger partial charge in [0.05, 0.1) is 0 Å². The Kier molecular flexibility index (Phi) is 8.61. The fraction of sp³-hybridized carbons (Fsp3) is 0.769. The third-order valence-corrected chi connectivity index (χ3v) is 1.97. The molecule has 1 nitrogen and oxygen atoms in total. The maximum absolute atomic E-state index is 10.0. The monoisotopic (exact) mass is 196 g/mol. The molecule has 1 aliphatic carbocycles. The SMILES string of the molecule is CC(C)C.O=CCCC1=CCCCC1. The number of hydrogen-bond acceptors (Lipinski definition) is 1. The van der Waals surface area contributed by atoms with Gasteiger partial charge in [0.1, 0.15) is 6.29 Å². The first kappa shape index (κ1) is 13.4. The fourth-order valence-corrected chi connectivity index (χ4v) is 1.38. The van der Waals surface area contributed by atoms with Crippen molar-refractivity contribution < 1.29 is 4.79 Å². The second kappa shape index (κ2) is 8.98. The molecular formula is C13H24O. The second-order valence-electron chi connectivity index (χ2n) is 4.55. The highest BCUT2D eigenvalue weighted by Crippen LogP contribution is 2.20. The summed E-state index contributed by atoms with van der Waals surface area (Å²) >= 11 is 0. The summed E-state index contributed by atoms with van der Waals surface area (Å²) in [5.74, 6) is 0.833. The van der Waals surface area contributed by atoms with E-state index in [2.05, 4.69) is 26.8 Å². The lowest BCUT2D eigenvalue weighted by Gasteiger charge is -2.10. The molecule has 0 aromatic rings. The van der Waals surface area contributed by atoms with Crippen molar-refractivity contribution in [1.29, 1.82) is 0 Å². The summed E-state index contributed by atoms with van der Waals surface area (Å²) < 4.78 is 0. The van der Waals surface area contributed by atoms with Crippen molar-refractivity contribution in [2.24, 2.45) is 5.92 Å². The lowest BCUT2D eigenvalue weighted by molar-refractivity contribution is -0.107. The molecule has 0 fully saturated rings. The molecule has 0 aromatic heterocycles. The first-order valence-corrected chi connectivity index (χ1v) is 5.78. The van der Waals surface area contributed by atoms with E-state index in [0.717, 1.165) is 18.6 Å². The van der Waals surface area contributed by atoms with Crippen LogP contribution in [0.25, 0.3) is 0 Å². The molecule has 82 valence electrons. The topological polar surface area (TPSA) is 17.1 Å². The van der Waals surface area contributed by atoms with Gasteiger partial charge in [0.2, 0.25) is 0 Å². The van der Waals surface area contributed by atoms with E-state index in [1.807, 2.05) is 0 Å². The average Bonchev–Trinajstić information content (AvgIpc) is 2.15. The Bertz CT molecular complexity index is 165. The van der Waals surface area contributed by atoms with Crippen LogP contribution in [0.2, 0.25) is 0 Å². The Labute approximate surface area is 88.6 Å². The van der Waals surface area contributed by atoms with E-state index in [1.165, 1.54) is 31.3 Å². The first-order valence-electron chi connectivity index (χ1n) is 5.78. The zero-order chi connectivity index (χ0) is 10.8. The zero-order valence-electron chi connectivity index (χ0n) is 9.88. The van der Waals surface area contributed by atoms with Crippen LogP contribution in [-0.4, -0.2) is 6.29 Å². The minimum Gasteiger partial charge on any atom is -0.303 e. The van der Waals surface area contributed by atoms with Crippen molar-refractivity contribution >= 4 is 6.29 Å². The molecule has 0 saturated carbocycles. The summed E-state index contributed by atoms with van der Waals surface area (Å²) in [6, 6.07) is 0. The van der Waals surface area contributed by atoms with Crippen molar-refractivity contribution in [3.63, 3.8) is 0 Å². The molecule has 0 heterocycles. The quantitative estimate of drug-likeness (QED) is 0.490. The highest BCUT2D eigenvalue weighted by atomic mass is 16.1. The van der Waals surface area contributed by atoms with Crippen LogP contribution in [0, 0.1) is 5.92 Å². The largest absolute Gasteiger partial charge is 0.303 e. The lowest BCUT2D eigenvalue weighted by Crippen LogP contribution is -1.91. The van der Waals surface area contributed by atoms with Gasteiger partial charge < -0.3 is 4.79 Å². The van der Waals surface area contributed by atoms with Crippen molar-refractivity contribution in [3.8, 4) is 0 Å². The van der Waals surface area contributed by atoms with Gasteiger partial charge in [0.25, 0.3) is 0 Å². The maximum Gasteiger partial charge on any atom is 0.120 e. The van der Waals surface area contributed by atoms with Gasteiger partial charge in [-0.15, -0.1) is 0 Å². The van der Waals surface area contributed by atoms with Crippen molar-refractivity contribution in [2.75, 3.05) is 0 Å². The molecular weight excluding hydrogens is 172 g/mol. The summed E-state index contributed by atoms with van der Waals surface area (Å²) in [7, 11) is 0. The molecule has 1 aliphatic rings. The molecule has 0 N–H and O–H groups in total. The van der Waals surface area contributed by atoms with Gasteiger partial charge in [-0.1, -0.05) is 32.4 Å². The van der Waals surface area contributed by atoms with E-state index in [4.69, 9.17) is 0 Å². The Morgan fingerprint density at radius 1 is 1.36 bits per heavy atom. The summed E-state index contributed by atoms with van der Waals surface area (Å²) in [5, 5.41) is 0. The van der Waals surface area contributed by atoms with Gasteiger partial charge in [0.15, 0.2) is 0 Å². The summed E-state index contributed by atoms with van der Waals surface area (Å²) in [6.45, 7) is 6.50. The van der Waals surface area contributed by atoms with Gasteiger partial charge in [-0.2, -0.15) is 0 Å². The van der Waals surface area contributed by atoms with E-state index in [9.17, 15) is 4.79 Å². The Balaban J connectivity index is 0.000000364. The Morgan fingerprint density at radius 2 is 2.00 bits per heavy atom. The predicted octanol–water partition coefficient (Wildman–Crippen LogP) is 4.13. The van der Waals surface area contributed by atoms with Crippen LogP contribution in [0.15, 0.2) is 11.6 Å². The summed E-state index contributed by atoms with van der Waals surface area (Å²) in [4.78, 5) is 10.0. The Morgan fingerprint density at radius 3 is 2.43 bits per heavy atom. The Hall–Kier alpha value is -0.590. The summed E-state index contributed by atoms with van der Waals surface area (Å²) in [6.07, 6.45) is 10.1. The molecule has 0 unspecified atom stereocenters. The van der Waals surface area contributed by atoms with E-state index >= 15 is 0 Å². The highest BCUT2D eigenvalue weighted by Gasteiger charge is 2.01. The zero-order valence-corrected chi connectivity index (χ0v) is 9.88. The van der Waals surface area contributed by atoms with Crippen LogP contribution in [0.1, 0.15) is 59.3 Å². The van der Waals surface area contributed by atoms with Gasteiger partial charge in [-0.05, 0) is 38.0 Å². The molecule has 0 spiro atoms. The minimum absolute atomic E-state index is 0.714. The van der Waals surface area contributed by atoms with E-state index in [-0.39, 0.29) is 0 Å². The summed E-state index contributed by atoms with van der Waals surface area (Å²) in [5.41, 5.74) is 1.50. The highest BCUT2D eigenvalue weighted by molar-refractivity contribution is 5.49. The van der Waals surface area contributed by atoms with Crippen LogP contribution in [0.3, 0.4) is 0 Å². The molecule has 1 rings (SSSR count).